The van der Waals surface area contributed by atoms with Gasteiger partial charge in [-0.3, -0.25) is 14.9 Å². The second kappa shape index (κ2) is 10.8. The maximum absolute atomic E-state index is 12.9. The number of nitro groups is 1. The molecule has 2 aromatic rings. The number of nitro benzene ring substituents is 1. The first kappa shape index (κ1) is 24.7. The zero-order chi connectivity index (χ0) is 24.8. The molecule has 0 bridgehead atoms. The summed E-state index contributed by atoms with van der Waals surface area (Å²) >= 11 is 0. The Balaban J connectivity index is 1.77. The molecule has 3 rings (SSSR count). The average molecular weight is 479 g/mol. The molecule has 12 heteroatoms. The van der Waals surface area contributed by atoms with Crippen LogP contribution in [0.15, 0.2) is 36.4 Å². The van der Waals surface area contributed by atoms with Crippen molar-refractivity contribution in [2.45, 2.75) is 19.5 Å². The summed E-state index contributed by atoms with van der Waals surface area (Å²) in [5, 5.41) is 13.9. The molecule has 34 heavy (non-hydrogen) atoms. The highest BCUT2D eigenvalue weighted by molar-refractivity contribution is 6.02. The summed E-state index contributed by atoms with van der Waals surface area (Å²) in [6, 6.07) is 8.60. The lowest BCUT2D eigenvalue weighted by Crippen LogP contribution is -2.38. The number of rotatable bonds is 8. The summed E-state index contributed by atoms with van der Waals surface area (Å²) in [6.45, 7) is -2.35. The van der Waals surface area contributed by atoms with Crippen molar-refractivity contribution >= 4 is 28.9 Å². The van der Waals surface area contributed by atoms with Crippen LogP contribution in [0.25, 0.3) is 0 Å². The van der Waals surface area contributed by atoms with Crippen LogP contribution in [0, 0.1) is 16.0 Å². The number of halogens is 2. The standard InChI is InChI=1S/C22H23F2N3O7/c1-32-18-11-14(21(29)33-2)15(12-19(18)34-22(23)24)25-20(28)13-7-9-26(10-8-13)16-5-3-4-6-17(16)27(30)31/h3-6,11-13,22H,7-10H2,1-2H3,(H,25,28). The normalized spacial score (nSPS) is 14.0. The lowest BCUT2D eigenvalue weighted by atomic mass is 9.95. The molecule has 1 aliphatic rings. The number of nitrogens with one attached hydrogen (secondary N) is 1. The summed E-state index contributed by atoms with van der Waals surface area (Å²) in [4.78, 5) is 37.8. The number of esters is 1. The molecule has 1 heterocycles. The predicted molar refractivity (Wildman–Crippen MR) is 118 cm³/mol. The van der Waals surface area contributed by atoms with Crippen LogP contribution in [-0.4, -0.2) is 50.7 Å². The molecular weight excluding hydrogens is 456 g/mol. The average Bonchev–Trinajstić information content (AvgIpc) is 2.83. The Labute approximate surface area is 193 Å². The summed E-state index contributed by atoms with van der Waals surface area (Å²) in [6.07, 6.45) is 0.782. The van der Waals surface area contributed by atoms with Crippen molar-refractivity contribution in [2.75, 3.05) is 37.5 Å². The number of amides is 1. The number of ether oxygens (including phenoxy) is 3. The van der Waals surface area contributed by atoms with E-state index in [1.54, 1.807) is 18.2 Å². The van der Waals surface area contributed by atoms with Crippen LogP contribution in [0.2, 0.25) is 0 Å². The molecule has 1 aliphatic heterocycles. The number of para-hydroxylation sites is 2. The number of alkyl halides is 2. The van der Waals surface area contributed by atoms with Crippen LogP contribution in [0.1, 0.15) is 23.2 Å². The molecule has 0 radical (unpaired) electrons. The number of carbonyl (C=O) groups is 2. The van der Waals surface area contributed by atoms with E-state index in [4.69, 9.17) is 9.47 Å². The van der Waals surface area contributed by atoms with Crippen LogP contribution in [0.3, 0.4) is 0 Å². The molecule has 2 aromatic carbocycles. The van der Waals surface area contributed by atoms with E-state index < -0.39 is 29.3 Å². The van der Waals surface area contributed by atoms with Crippen molar-refractivity contribution in [1.29, 1.82) is 0 Å². The van der Waals surface area contributed by atoms with E-state index in [2.05, 4.69) is 10.1 Å². The zero-order valence-corrected chi connectivity index (χ0v) is 18.5. The summed E-state index contributed by atoms with van der Waals surface area (Å²) < 4.78 is 39.8. The quantitative estimate of drug-likeness (QED) is 0.344. The Hall–Kier alpha value is -3.96. The first-order chi connectivity index (χ1) is 16.2. The van der Waals surface area contributed by atoms with Gasteiger partial charge in [0.2, 0.25) is 5.91 Å². The van der Waals surface area contributed by atoms with Gasteiger partial charge in [-0.2, -0.15) is 8.78 Å². The predicted octanol–water partition coefficient (Wildman–Crippen LogP) is 3.85. The van der Waals surface area contributed by atoms with Crippen LogP contribution < -0.4 is 19.7 Å². The van der Waals surface area contributed by atoms with Crippen molar-refractivity contribution in [3.63, 3.8) is 0 Å². The maximum Gasteiger partial charge on any atom is 0.387 e. The van der Waals surface area contributed by atoms with Crippen molar-refractivity contribution < 1.29 is 37.5 Å². The monoisotopic (exact) mass is 479 g/mol. The SMILES string of the molecule is COC(=O)c1cc(OC)c(OC(F)F)cc1NC(=O)C1CCN(c2ccccc2[N+](=O)[O-])CC1. The maximum atomic E-state index is 12.9. The Morgan fingerprint density at radius 3 is 2.41 bits per heavy atom. The number of methoxy groups -OCH3 is 2. The van der Waals surface area contributed by atoms with E-state index in [1.165, 1.54) is 13.2 Å². The van der Waals surface area contributed by atoms with Gasteiger partial charge in [0.05, 0.1) is 30.4 Å². The van der Waals surface area contributed by atoms with E-state index >= 15 is 0 Å². The molecule has 0 spiro atoms. The molecule has 0 saturated carbocycles. The number of benzene rings is 2. The number of hydrogen-bond acceptors (Lipinski definition) is 8. The molecule has 1 amide bonds. The number of hydrogen-bond donors (Lipinski definition) is 1. The van der Waals surface area contributed by atoms with Gasteiger partial charge < -0.3 is 24.4 Å². The third kappa shape index (κ3) is 5.50. The lowest BCUT2D eigenvalue weighted by Gasteiger charge is -2.32. The van der Waals surface area contributed by atoms with Crippen molar-refractivity contribution in [3.8, 4) is 11.5 Å². The highest BCUT2D eigenvalue weighted by Gasteiger charge is 2.29. The van der Waals surface area contributed by atoms with E-state index in [9.17, 15) is 28.5 Å². The highest BCUT2D eigenvalue weighted by atomic mass is 19.3. The molecule has 0 unspecified atom stereocenters. The molecule has 1 saturated heterocycles. The van der Waals surface area contributed by atoms with Gasteiger partial charge in [-0.1, -0.05) is 12.1 Å². The third-order valence-corrected chi connectivity index (χ3v) is 5.47. The number of anilines is 2. The minimum atomic E-state index is -3.15. The van der Waals surface area contributed by atoms with Gasteiger partial charge in [-0.15, -0.1) is 0 Å². The van der Waals surface area contributed by atoms with Gasteiger partial charge in [0, 0.05) is 37.2 Å². The largest absolute Gasteiger partial charge is 0.493 e. The van der Waals surface area contributed by atoms with E-state index in [1.807, 2.05) is 4.90 Å². The van der Waals surface area contributed by atoms with E-state index in [0.717, 1.165) is 19.2 Å². The van der Waals surface area contributed by atoms with Crippen LogP contribution >= 0.6 is 0 Å². The van der Waals surface area contributed by atoms with Gasteiger partial charge in [0.15, 0.2) is 11.5 Å². The Kier molecular flexibility index (Phi) is 7.82. The van der Waals surface area contributed by atoms with E-state index in [-0.39, 0.29) is 28.4 Å². The summed E-state index contributed by atoms with van der Waals surface area (Å²) in [5.41, 5.74) is 0.308. The molecule has 0 aromatic heterocycles. The molecular formula is C22H23F2N3O7. The zero-order valence-electron chi connectivity index (χ0n) is 18.5. The van der Waals surface area contributed by atoms with Gasteiger partial charge in [-0.25, -0.2) is 4.79 Å². The first-order valence-corrected chi connectivity index (χ1v) is 10.3. The number of nitrogens with zero attached hydrogens (tertiary/aromatic N) is 2. The highest BCUT2D eigenvalue weighted by Crippen LogP contribution is 2.36. The van der Waals surface area contributed by atoms with Gasteiger partial charge >= 0.3 is 12.6 Å². The Morgan fingerprint density at radius 2 is 1.82 bits per heavy atom. The van der Waals surface area contributed by atoms with Gasteiger partial charge in [0.1, 0.15) is 5.69 Å². The van der Waals surface area contributed by atoms with E-state index in [0.29, 0.717) is 31.6 Å². The molecule has 10 nitrogen and oxygen atoms in total. The Bertz CT molecular complexity index is 1070. The van der Waals surface area contributed by atoms with Crippen molar-refractivity contribution in [2.24, 2.45) is 5.92 Å². The molecule has 0 atom stereocenters. The first-order valence-electron chi connectivity index (χ1n) is 10.3. The second-order valence-electron chi connectivity index (χ2n) is 7.42. The fraction of sp³-hybridized carbons (Fsp3) is 0.364. The lowest BCUT2D eigenvalue weighted by molar-refractivity contribution is -0.384. The summed E-state index contributed by atoms with van der Waals surface area (Å²) in [5.74, 6) is -2.18. The van der Waals surface area contributed by atoms with Crippen LogP contribution in [0.4, 0.5) is 25.8 Å². The van der Waals surface area contributed by atoms with Crippen LogP contribution in [-0.2, 0) is 9.53 Å². The fourth-order valence-electron chi connectivity index (χ4n) is 3.79. The van der Waals surface area contributed by atoms with Gasteiger partial charge in [-0.05, 0) is 18.9 Å². The molecule has 1 fully saturated rings. The minimum Gasteiger partial charge on any atom is -0.493 e. The van der Waals surface area contributed by atoms with Crippen molar-refractivity contribution in [3.05, 3.63) is 52.1 Å². The van der Waals surface area contributed by atoms with Crippen molar-refractivity contribution in [1.82, 2.24) is 0 Å². The smallest absolute Gasteiger partial charge is 0.387 e. The van der Waals surface area contributed by atoms with Gasteiger partial charge in [0.25, 0.3) is 5.69 Å². The topological polar surface area (TPSA) is 120 Å². The fourth-order valence-corrected chi connectivity index (χ4v) is 3.79. The number of piperidine rings is 1. The van der Waals surface area contributed by atoms with Crippen LogP contribution in [0.5, 0.6) is 11.5 Å². The second-order valence-corrected chi connectivity index (χ2v) is 7.42. The summed E-state index contributed by atoms with van der Waals surface area (Å²) in [7, 11) is 2.36. The molecule has 182 valence electrons. The Morgan fingerprint density at radius 1 is 1.15 bits per heavy atom. The number of carbonyl (C=O) groups excluding carboxylic acids is 2. The molecule has 1 N–H and O–H groups in total. The molecule has 0 aliphatic carbocycles. The third-order valence-electron chi connectivity index (χ3n) is 5.47. The minimum absolute atomic E-state index is 0.0158.